The Labute approximate surface area is 206 Å². The summed E-state index contributed by atoms with van der Waals surface area (Å²) in [5.74, 6) is -3.28. The Morgan fingerprint density at radius 2 is 1.00 bits per heavy atom. The quantitative estimate of drug-likeness (QED) is 0.0752. The van der Waals surface area contributed by atoms with E-state index in [1.807, 2.05) is 12.2 Å². The Balaban J connectivity index is 4.96. The third-order valence-electron chi connectivity index (χ3n) is 6.51. The topological polar surface area (TPSA) is 129 Å². The number of allylic oxidation sites excluding steroid dienone is 2. The number of rotatable bonds is 24. The van der Waals surface area contributed by atoms with Crippen molar-refractivity contribution in [1.82, 2.24) is 0 Å². The van der Waals surface area contributed by atoms with Crippen LogP contribution in [0.25, 0.3) is 0 Å². The lowest BCUT2D eigenvalue weighted by atomic mass is 9.74. The van der Waals surface area contributed by atoms with Gasteiger partial charge in [-0.2, -0.15) is 8.42 Å². The van der Waals surface area contributed by atoms with Crippen molar-refractivity contribution in [2.75, 3.05) is 0 Å². The van der Waals surface area contributed by atoms with E-state index in [0.29, 0.717) is 25.7 Å². The van der Waals surface area contributed by atoms with Gasteiger partial charge in [-0.05, 0) is 38.5 Å². The normalized spacial score (nSPS) is 12.9. The molecule has 8 heteroatoms. The van der Waals surface area contributed by atoms with E-state index in [2.05, 4.69) is 13.2 Å². The van der Waals surface area contributed by atoms with Crippen LogP contribution in [0.4, 0.5) is 0 Å². The van der Waals surface area contributed by atoms with Crippen LogP contribution in [0, 0.1) is 5.41 Å². The number of carboxylic acid groups (broad SMARTS) is 2. The maximum Gasteiger partial charge on any atom is 0.325 e. The molecule has 0 saturated carbocycles. The van der Waals surface area contributed by atoms with Crippen molar-refractivity contribution in [2.45, 2.75) is 121 Å². The predicted molar refractivity (Wildman–Crippen MR) is 137 cm³/mol. The van der Waals surface area contributed by atoms with E-state index in [9.17, 15) is 32.8 Å². The van der Waals surface area contributed by atoms with Gasteiger partial charge < -0.3 is 10.2 Å². The van der Waals surface area contributed by atoms with Crippen LogP contribution in [-0.4, -0.2) is 40.4 Å². The Hall–Kier alpha value is -1.67. The summed E-state index contributed by atoms with van der Waals surface area (Å²) in [4.78, 5) is 24.1. The molecule has 0 aliphatic heterocycles. The van der Waals surface area contributed by atoms with Gasteiger partial charge in [0.05, 0.1) is 5.41 Å². The first-order valence-corrected chi connectivity index (χ1v) is 14.3. The minimum atomic E-state index is -5.08. The van der Waals surface area contributed by atoms with Crippen LogP contribution in [0.1, 0.15) is 116 Å². The van der Waals surface area contributed by atoms with Crippen LogP contribution in [-0.2, 0) is 19.7 Å². The Bertz CT molecular complexity index is 674. The lowest BCUT2D eigenvalue weighted by Gasteiger charge is -2.33. The standard InChI is InChI=1S/C26H46O7S/c1-3-5-7-9-11-13-15-17-19-21-26(25(29)30,23(24(27)28)34(31,32)33)22-20-18-16-14-12-10-8-6-4-2/h3-4,23H,1-2,5-22H2,(H,27,28)(H,29,30)(H,31,32,33). The molecule has 0 heterocycles. The van der Waals surface area contributed by atoms with Crippen LogP contribution in [0.2, 0.25) is 0 Å². The van der Waals surface area contributed by atoms with E-state index < -0.39 is 32.7 Å². The van der Waals surface area contributed by atoms with Gasteiger partial charge in [-0.15, -0.1) is 13.2 Å². The summed E-state index contributed by atoms with van der Waals surface area (Å²) >= 11 is 0. The number of hydrogen-bond donors (Lipinski definition) is 3. The molecule has 0 aliphatic carbocycles. The Morgan fingerprint density at radius 1 is 0.676 bits per heavy atom. The summed E-state index contributed by atoms with van der Waals surface area (Å²) < 4.78 is 33.5. The summed E-state index contributed by atoms with van der Waals surface area (Å²) in [6.07, 6.45) is 18.0. The fraction of sp³-hybridized carbons (Fsp3) is 0.769. The van der Waals surface area contributed by atoms with Crippen molar-refractivity contribution in [3.8, 4) is 0 Å². The van der Waals surface area contributed by atoms with Crippen LogP contribution in [0.3, 0.4) is 0 Å². The summed E-state index contributed by atoms with van der Waals surface area (Å²) in [5.41, 5.74) is -2.03. The van der Waals surface area contributed by atoms with Gasteiger partial charge in [-0.1, -0.05) is 89.2 Å². The molecule has 0 aliphatic rings. The van der Waals surface area contributed by atoms with Crippen molar-refractivity contribution in [3.05, 3.63) is 25.3 Å². The van der Waals surface area contributed by atoms with Crippen LogP contribution in [0.15, 0.2) is 25.3 Å². The number of hydrogen-bond acceptors (Lipinski definition) is 4. The molecule has 0 radical (unpaired) electrons. The average Bonchev–Trinajstić information content (AvgIpc) is 2.75. The zero-order chi connectivity index (χ0) is 25.9. The smallest absolute Gasteiger partial charge is 0.325 e. The van der Waals surface area contributed by atoms with Crippen molar-refractivity contribution in [1.29, 1.82) is 0 Å². The molecule has 0 fully saturated rings. The van der Waals surface area contributed by atoms with Gasteiger partial charge >= 0.3 is 11.9 Å². The molecular weight excluding hydrogens is 456 g/mol. The molecule has 0 spiro atoms. The Morgan fingerprint density at radius 3 is 1.26 bits per heavy atom. The molecule has 0 aromatic rings. The third-order valence-corrected chi connectivity index (χ3v) is 7.76. The predicted octanol–water partition coefficient (Wildman–Crippen LogP) is 6.79. The van der Waals surface area contributed by atoms with E-state index in [0.717, 1.165) is 77.0 Å². The largest absolute Gasteiger partial charge is 0.481 e. The van der Waals surface area contributed by atoms with Gasteiger partial charge in [0.25, 0.3) is 10.1 Å². The SMILES string of the molecule is C=CCCCCCCCCCC(CCCCCCCCCC=C)(C(=O)O)C(C(=O)O)S(=O)(=O)O. The molecular formula is C26H46O7S. The van der Waals surface area contributed by atoms with E-state index in [-0.39, 0.29) is 12.8 Å². The molecule has 0 bridgehead atoms. The van der Waals surface area contributed by atoms with Gasteiger partial charge in [0.2, 0.25) is 0 Å². The highest BCUT2D eigenvalue weighted by Gasteiger charge is 2.55. The highest BCUT2D eigenvalue weighted by Crippen LogP contribution is 2.39. The maximum atomic E-state index is 12.3. The number of aliphatic carboxylic acids is 2. The van der Waals surface area contributed by atoms with Crippen LogP contribution in [0.5, 0.6) is 0 Å². The molecule has 1 unspecified atom stereocenters. The first-order valence-electron chi connectivity index (χ1n) is 12.8. The highest BCUT2D eigenvalue weighted by atomic mass is 32.2. The molecule has 7 nitrogen and oxygen atoms in total. The highest BCUT2D eigenvalue weighted by molar-refractivity contribution is 7.87. The van der Waals surface area contributed by atoms with Gasteiger partial charge in [-0.25, -0.2) is 0 Å². The van der Waals surface area contributed by atoms with Gasteiger partial charge in [-0.3, -0.25) is 14.1 Å². The van der Waals surface area contributed by atoms with E-state index >= 15 is 0 Å². The van der Waals surface area contributed by atoms with Gasteiger partial charge in [0.15, 0.2) is 5.25 Å². The number of carboxylic acids is 2. The maximum absolute atomic E-state index is 12.3. The molecule has 198 valence electrons. The summed E-state index contributed by atoms with van der Waals surface area (Å²) in [7, 11) is -5.08. The van der Waals surface area contributed by atoms with Gasteiger partial charge in [0.1, 0.15) is 0 Å². The number of unbranched alkanes of at least 4 members (excludes halogenated alkanes) is 14. The zero-order valence-corrected chi connectivity index (χ0v) is 21.6. The molecule has 3 N–H and O–H groups in total. The lowest BCUT2D eigenvalue weighted by Crippen LogP contribution is -2.51. The fourth-order valence-electron chi connectivity index (χ4n) is 4.59. The van der Waals surface area contributed by atoms with Crippen molar-refractivity contribution < 1.29 is 32.8 Å². The van der Waals surface area contributed by atoms with Crippen molar-refractivity contribution in [2.24, 2.45) is 5.41 Å². The second kappa shape index (κ2) is 18.6. The molecule has 1 atom stereocenters. The van der Waals surface area contributed by atoms with E-state index in [4.69, 9.17) is 0 Å². The van der Waals surface area contributed by atoms with Crippen LogP contribution >= 0.6 is 0 Å². The van der Waals surface area contributed by atoms with Crippen LogP contribution < -0.4 is 0 Å². The van der Waals surface area contributed by atoms with Crippen molar-refractivity contribution >= 4 is 22.1 Å². The molecule has 0 aromatic carbocycles. The molecule has 0 saturated heterocycles. The second-order valence-corrected chi connectivity index (χ2v) is 10.8. The lowest BCUT2D eigenvalue weighted by molar-refractivity contribution is -0.156. The van der Waals surface area contributed by atoms with E-state index in [1.165, 1.54) is 0 Å². The molecule has 0 amide bonds. The summed E-state index contributed by atoms with van der Waals surface area (Å²) in [6, 6.07) is 0. The molecule has 34 heavy (non-hydrogen) atoms. The minimum absolute atomic E-state index is 0.0862. The van der Waals surface area contributed by atoms with Gasteiger partial charge in [0, 0.05) is 0 Å². The summed E-state index contributed by atoms with van der Waals surface area (Å²) in [6.45, 7) is 7.39. The monoisotopic (exact) mass is 502 g/mol. The average molecular weight is 503 g/mol. The second-order valence-electron chi connectivity index (χ2n) is 9.30. The first kappa shape index (κ1) is 32.3. The molecule has 0 aromatic heterocycles. The molecule has 0 rings (SSSR count). The minimum Gasteiger partial charge on any atom is -0.481 e. The summed E-state index contributed by atoms with van der Waals surface area (Å²) in [5, 5.41) is 17.2. The third kappa shape index (κ3) is 13.3. The zero-order valence-electron chi connectivity index (χ0n) is 20.8. The fourth-order valence-corrected chi connectivity index (χ4v) is 5.75. The number of carbonyl (C=O) groups is 2. The first-order chi connectivity index (χ1) is 16.1. The Kier molecular flexibility index (Phi) is 17.7. The van der Waals surface area contributed by atoms with Crippen molar-refractivity contribution in [3.63, 3.8) is 0 Å². The van der Waals surface area contributed by atoms with E-state index in [1.54, 1.807) is 0 Å².